The molecule has 110 valence electrons. The quantitative estimate of drug-likeness (QED) is 0.825. The molecule has 0 aliphatic rings. The molecular formula is C18H22N2O. The zero-order valence-corrected chi connectivity index (χ0v) is 12.6. The number of anilines is 1. The Balaban J connectivity index is 1.90. The highest BCUT2D eigenvalue weighted by Crippen LogP contribution is 2.18. The van der Waals surface area contributed by atoms with Crippen LogP contribution in [0.1, 0.15) is 40.7 Å². The van der Waals surface area contributed by atoms with Crippen molar-refractivity contribution < 1.29 is 4.79 Å². The SMILES string of the molecule is Cc1cccc(N)c1C(=O)NCCC(C)c1ccccc1. The van der Waals surface area contributed by atoms with E-state index in [4.69, 9.17) is 5.73 Å². The molecule has 0 aliphatic carbocycles. The second kappa shape index (κ2) is 6.93. The molecule has 0 saturated heterocycles. The predicted octanol–water partition coefficient (Wildman–Crippen LogP) is 3.50. The average Bonchev–Trinajstić information content (AvgIpc) is 2.48. The van der Waals surface area contributed by atoms with Crippen LogP contribution in [0, 0.1) is 6.92 Å². The average molecular weight is 282 g/mol. The molecule has 0 spiro atoms. The van der Waals surface area contributed by atoms with Crippen LogP contribution >= 0.6 is 0 Å². The molecule has 0 aliphatic heterocycles. The van der Waals surface area contributed by atoms with Crippen LogP contribution in [0.15, 0.2) is 48.5 Å². The Labute approximate surface area is 126 Å². The first-order valence-electron chi connectivity index (χ1n) is 7.28. The van der Waals surface area contributed by atoms with Crippen molar-refractivity contribution >= 4 is 11.6 Å². The zero-order valence-electron chi connectivity index (χ0n) is 12.6. The van der Waals surface area contributed by atoms with Gasteiger partial charge in [-0.25, -0.2) is 0 Å². The number of hydrogen-bond donors (Lipinski definition) is 2. The lowest BCUT2D eigenvalue weighted by atomic mass is 9.98. The highest BCUT2D eigenvalue weighted by atomic mass is 16.1. The van der Waals surface area contributed by atoms with Gasteiger partial charge in [-0.15, -0.1) is 0 Å². The van der Waals surface area contributed by atoms with Gasteiger partial charge in [0.2, 0.25) is 0 Å². The van der Waals surface area contributed by atoms with Gasteiger partial charge < -0.3 is 11.1 Å². The summed E-state index contributed by atoms with van der Waals surface area (Å²) in [6.45, 7) is 4.71. The van der Waals surface area contributed by atoms with E-state index in [1.165, 1.54) is 5.56 Å². The molecule has 2 rings (SSSR count). The van der Waals surface area contributed by atoms with Crippen molar-refractivity contribution in [2.24, 2.45) is 0 Å². The molecule has 0 radical (unpaired) electrons. The van der Waals surface area contributed by atoms with Gasteiger partial charge in [-0.3, -0.25) is 4.79 Å². The summed E-state index contributed by atoms with van der Waals surface area (Å²) in [5, 5.41) is 2.96. The van der Waals surface area contributed by atoms with Gasteiger partial charge in [0.1, 0.15) is 0 Å². The summed E-state index contributed by atoms with van der Waals surface area (Å²) in [7, 11) is 0. The van der Waals surface area contributed by atoms with E-state index < -0.39 is 0 Å². The Bertz CT molecular complexity index is 588. The number of nitrogens with two attached hydrogens (primary N) is 1. The van der Waals surface area contributed by atoms with E-state index in [1.54, 1.807) is 6.07 Å². The Morgan fingerprint density at radius 1 is 1.14 bits per heavy atom. The normalized spacial score (nSPS) is 11.9. The van der Waals surface area contributed by atoms with Gasteiger partial charge in [0, 0.05) is 12.2 Å². The van der Waals surface area contributed by atoms with Crippen molar-refractivity contribution in [3.63, 3.8) is 0 Å². The van der Waals surface area contributed by atoms with Gasteiger partial charge in [0.05, 0.1) is 5.56 Å². The molecule has 0 saturated carbocycles. The van der Waals surface area contributed by atoms with Gasteiger partial charge >= 0.3 is 0 Å². The van der Waals surface area contributed by atoms with Crippen LogP contribution in [0.3, 0.4) is 0 Å². The van der Waals surface area contributed by atoms with E-state index in [2.05, 4.69) is 24.4 Å². The molecule has 1 unspecified atom stereocenters. The molecule has 3 heteroatoms. The third-order valence-corrected chi connectivity index (χ3v) is 3.76. The molecule has 1 amide bonds. The fourth-order valence-corrected chi connectivity index (χ4v) is 2.44. The Hall–Kier alpha value is -2.29. The number of carbonyl (C=O) groups excluding carboxylic acids is 1. The monoisotopic (exact) mass is 282 g/mol. The highest BCUT2D eigenvalue weighted by molar-refractivity contribution is 6.00. The first-order chi connectivity index (χ1) is 10.1. The van der Waals surface area contributed by atoms with Crippen molar-refractivity contribution in [3.05, 3.63) is 65.2 Å². The Morgan fingerprint density at radius 3 is 2.52 bits per heavy atom. The molecule has 0 heterocycles. The van der Waals surface area contributed by atoms with Crippen LogP contribution in [0.2, 0.25) is 0 Å². The van der Waals surface area contributed by atoms with Crippen LogP contribution in [-0.2, 0) is 0 Å². The third-order valence-electron chi connectivity index (χ3n) is 3.76. The lowest BCUT2D eigenvalue weighted by molar-refractivity contribution is 0.0953. The molecule has 3 N–H and O–H groups in total. The maximum absolute atomic E-state index is 12.2. The van der Waals surface area contributed by atoms with Crippen molar-refractivity contribution in [3.8, 4) is 0 Å². The second-order valence-electron chi connectivity index (χ2n) is 5.40. The van der Waals surface area contributed by atoms with E-state index >= 15 is 0 Å². The summed E-state index contributed by atoms with van der Waals surface area (Å²) in [4.78, 5) is 12.2. The van der Waals surface area contributed by atoms with Crippen LogP contribution in [0.5, 0.6) is 0 Å². The molecule has 2 aromatic carbocycles. The minimum Gasteiger partial charge on any atom is -0.398 e. The fraction of sp³-hybridized carbons (Fsp3) is 0.278. The molecular weight excluding hydrogens is 260 g/mol. The van der Waals surface area contributed by atoms with Gasteiger partial charge in [-0.1, -0.05) is 49.4 Å². The van der Waals surface area contributed by atoms with E-state index in [1.807, 2.05) is 37.3 Å². The topological polar surface area (TPSA) is 55.1 Å². The highest BCUT2D eigenvalue weighted by Gasteiger charge is 2.12. The Morgan fingerprint density at radius 2 is 1.86 bits per heavy atom. The summed E-state index contributed by atoms with van der Waals surface area (Å²) in [5.74, 6) is 0.326. The van der Waals surface area contributed by atoms with Crippen LogP contribution in [0.25, 0.3) is 0 Å². The van der Waals surface area contributed by atoms with Crippen LogP contribution in [0.4, 0.5) is 5.69 Å². The molecule has 21 heavy (non-hydrogen) atoms. The lowest BCUT2D eigenvalue weighted by Crippen LogP contribution is -2.27. The minimum atomic E-state index is -0.0918. The number of nitrogen functional groups attached to an aromatic ring is 1. The molecule has 0 bridgehead atoms. The molecule has 0 aromatic heterocycles. The van der Waals surface area contributed by atoms with Crippen LogP contribution in [-0.4, -0.2) is 12.5 Å². The molecule has 0 fully saturated rings. The molecule has 1 atom stereocenters. The maximum atomic E-state index is 12.2. The largest absolute Gasteiger partial charge is 0.398 e. The molecule has 2 aromatic rings. The predicted molar refractivity (Wildman–Crippen MR) is 87.4 cm³/mol. The van der Waals surface area contributed by atoms with Gasteiger partial charge in [-0.05, 0) is 36.5 Å². The van der Waals surface area contributed by atoms with Crippen molar-refractivity contribution in [2.75, 3.05) is 12.3 Å². The summed E-state index contributed by atoms with van der Waals surface area (Å²) >= 11 is 0. The fourth-order valence-electron chi connectivity index (χ4n) is 2.44. The number of aryl methyl sites for hydroxylation is 1. The van der Waals surface area contributed by atoms with E-state index in [0.717, 1.165) is 12.0 Å². The number of rotatable bonds is 5. The minimum absolute atomic E-state index is 0.0918. The van der Waals surface area contributed by atoms with Crippen LogP contribution < -0.4 is 11.1 Å². The smallest absolute Gasteiger partial charge is 0.253 e. The number of benzene rings is 2. The first kappa shape index (κ1) is 15.1. The van der Waals surface area contributed by atoms with E-state index in [0.29, 0.717) is 23.7 Å². The zero-order chi connectivity index (χ0) is 15.2. The van der Waals surface area contributed by atoms with Crippen molar-refractivity contribution in [2.45, 2.75) is 26.2 Å². The third kappa shape index (κ3) is 3.85. The maximum Gasteiger partial charge on any atom is 0.253 e. The van der Waals surface area contributed by atoms with E-state index in [9.17, 15) is 4.79 Å². The second-order valence-corrected chi connectivity index (χ2v) is 5.40. The van der Waals surface area contributed by atoms with E-state index in [-0.39, 0.29) is 5.91 Å². The van der Waals surface area contributed by atoms with Crippen molar-refractivity contribution in [1.82, 2.24) is 5.32 Å². The number of amides is 1. The molecule has 3 nitrogen and oxygen atoms in total. The number of carbonyl (C=O) groups is 1. The van der Waals surface area contributed by atoms with Gasteiger partial charge in [-0.2, -0.15) is 0 Å². The Kier molecular flexibility index (Phi) is 4.99. The summed E-state index contributed by atoms with van der Waals surface area (Å²) in [6.07, 6.45) is 0.904. The summed E-state index contributed by atoms with van der Waals surface area (Å²) in [6, 6.07) is 15.8. The van der Waals surface area contributed by atoms with Gasteiger partial charge in [0.25, 0.3) is 5.91 Å². The standard InChI is InChI=1S/C18H22N2O/c1-13(15-8-4-3-5-9-15)11-12-20-18(21)17-14(2)7-6-10-16(17)19/h3-10,13H,11-12,19H2,1-2H3,(H,20,21). The number of nitrogens with one attached hydrogen (secondary N) is 1. The first-order valence-corrected chi connectivity index (χ1v) is 7.28. The lowest BCUT2D eigenvalue weighted by Gasteiger charge is -2.14. The summed E-state index contributed by atoms with van der Waals surface area (Å²) in [5.41, 5.74) is 9.20. The summed E-state index contributed by atoms with van der Waals surface area (Å²) < 4.78 is 0. The number of hydrogen-bond acceptors (Lipinski definition) is 2. The van der Waals surface area contributed by atoms with Crippen molar-refractivity contribution in [1.29, 1.82) is 0 Å². The van der Waals surface area contributed by atoms with Gasteiger partial charge in [0.15, 0.2) is 0 Å².